The number of primary amides is 1. The van der Waals surface area contributed by atoms with Crippen molar-refractivity contribution < 1.29 is 47.3 Å². The first kappa shape index (κ1) is 20.1. The molecule has 0 aromatic heterocycles. The van der Waals surface area contributed by atoms with Gasteiger partial charge in [-0.25, -0.2) is 9.13 Å². The van der Waals surface area contributed by atoms with Gasteiger partial charge < -0.3 is 36.4 Å². The van der Waals surface area contributed by atoms with Crippen molar-refractivity contribution in [1.29, 1.82) is 0 Å². The van der Waals surface area contributed by atoms with Crippen LogP contribution >= 0.6 is 15.6 Å². The summed E-state index contributed by atoms with van der Waals surface area (Å²) in [6, 6.07) is -3.17. The number of hydrogen-bond donors (Lipinski definition) is 7. The minimum absolute atomic E-state index is 0.860. The lowest BCUT2D eigenvalue weighted by molar-refractivity contribution is -0.129. The number of hydrogen-bond acceptors (Lipinski definition) is 7. The van der Waals surface area contributed by atoms with Gasteiger partial charge in [-0.2, -0.15) is 0 Å². The van der Waals surface area contributed by atoms with Crippen LogP contribution in [-0.4, -0.2) is 56.7 Å². The van der Waals surface area contributed by atoms with Crippen LogP contribution in [0.25, 0.3) is 0 Å². The van der Waals surface area contributed by atoms with Crippen molar-refractivity contribution in [2.75, 3.05) is 13.2 Å². The van der Waals surface area contributed by atoms with Crippen LogP contribution < -0.4 is 16.8 Å². The molecule has 13 nitrogen and oxygen atoms in total. The van der Waals surface area contributed by atoms with E-state index in [2.05, 4.69) is 9.05 Å². The third-order valence-electron chi connectivity index (χ3n) is 1.83. The van der Waals surface area contributed by atoms with Crippen LogP contribution in [0.15, 0.2) is 0 Å². The SMILES string of the molecule is NC(=O)[C@H](COP(=O)(O)O)NC(=O)[C@@H](N)COP(=O)(O)O. The van der Waals surface area contributed by atoms with E-state index in [4.69, 9.17) is 31.0 Å². The van der Waals surface area contributed by atoms with E-state index in [0.717, 1.165) is 0 Å². The van der Waals surface area contributed by atoms with E-state index in [0.29, 0.717) is 0 Å². The van der Waals surface area contributed by atoms with E-state index in [1.165, 1.54) is 0 Å². The zero-order chi connectivity index (χ0) is 16.8. The van der Waals surface area contributed by atoms with Crippen LogP contribution in [-0.2, 0) is 27.8 Å². The first-order valence-corrected chi connectivity index (χ1v) is 8.13. The summed E-state index contributed by atoms with van der Waals surface area (Å²) in [5.74, 6) is -2.26. The molecule has 0 radical (unpaired) electrons. The Morgan fingerprint density at radius 2 is 1.48 bits per heavy atom. The van der Waals surface area contributed by atoms with Gasteiger partial charge in [-0.15, -0.1) is 0 Å². The minimum Gasteiger partial charge on any atom is -0.368 e. The molecule has 9 N–H and O–H groups in total. The molecule has 0 bridgehead atoms. The Morgan fingerprint density at radius 1 is 1.05 bits per heavy atom. The quantitative estimate of drug-likeness (QED) is 0.201. The van der Waals surface area contributed by atoms with Gasteiger partial charge >= 0.3 is 15.6 Å². The maximum atomic E-state index is 11.5. The largest absolute Gasteiger partial charge is 0.469 e. The molecule has 0 saturated carbocycles. The van der Waals surface area contributed by atoms with E-state index in [1.54, 1.807) is 0 Å². The fourth-order valence-corrected chi connectivity index (χ4v) is 1.60. The predicted octanol–water partition coefficient (Wildman–Crippen LogP) is -3.50. The van der Waals surface area contributed by atoms with Crippen molar-refractivity contribution >= 4 is 27.5 Å². The van der Waals surface area contributed by atoms with Crippen LogP contribution in [0.1, 0.15) is 0 Å². The summed E-state index contributed by atoms with van der Waals surface area (Å²) < 4.78 is 28.9. The third-order valence-corrected chi connectivity index (χ3v) is 2.80. The molecule has 0 aliphatic carbocycles. The molecule has 21 heavy (non-hydrogen) atoms. The number of nitrogens with one attached hydrogen (secondary N) is 1. The molecule has 2 atom stereocenters. The standard InChI is InChI=1S/C6H15N3O10P2/c7-3(1-18-20(12,13)14)6(11)9-4(5(8)10)2-19-21(15,16)17/h3-4H,1-2,7H2,(H2,8,10)(H,9,11)(H2,12,13,14)(H2,15,16,17)/t3-,4-/m0/s1. The zero-order valence-electron chi connectivity index (χ0n) is 10.4. The fraction of sp³-hybridized carbons (Fsp3) is 0.667. The monoisotopic (exact) mass is 351 g/mol. The normalized spacial score (nSPS) is 15.3. The summed E-state index contributed by atoms with van der Waals surface area (Å²) in [7, 11) is -9.71. The van der Waals surface area contributed by atoms with Crippen molar-refractivity contribution in [1.82, 2.24) is 5.32 Å². The molecule has 0 aromatic carbocycles. The summed E-state index contributed by atoms with van der Waals surface area (Å²) >= 11 is 0. The van der Waals surface area contributed by atoms with Gasteiger partial charge in [0.25, 0.3) is 0 Å². The Bertz CT molecular complexity index is 471. The van der Waals surface area contributed by atoms with Gasteiger partial charge in [0.05, 0.1) is 13.2 Å². The molecule has 0 heterocycles. The second-order valence-electron chi connectivity index (χ2n) is 3.64. The Kier molecular flexibility index (Phi) is 7.61. The molecule has 0 fully saturated rings. The molecule has 124 valence electrons. The lowest BCUT2D eigenvalue weighted by Gasteiger charge is -2.18. The highest BCUT2D eigenvalue weighted by molar-refractivity contribution is 7.46. The zero-order valence-corrected chi connectivity index (χ0v) is 12.1. The predicted molar refractivity (Wildman–Crippen MR) is 65.1 cm³/mol. The molecule has 0 spiro atoms. The van der Waals surface area contributed by atoms with Crippen LogP contribution in [0.5, 0.6) is 0 Å². The molecule has 0 unspecified atom stereocenters. The summed E-state index contributed by atoms with van der Waals surface area (Å²) in [4.78, 5) is 56.2. The second kappa shape index (κ2) is 7.94. The Hall–Kier alpha value is -0.880. The number of amides is 2. The summed E-state index contributed by atoms with van der Waals surface area (Å²) in [6.07, 6.45) is 0. The molecular weight excluding hydrogens is 336 g/mol. The molecular formula is C6H15N3O10P2. The first-order chi connectivity index (χ1) is 9.32. The van der Waals surface area contributed by atoms with Crippen LogP contribution in [0.2, 0.25) is 0 Å². The van der Waals surface area contributed by atoms with Gasteiger partial charge in [0.1, 0.15) is 12.1 Å². The second-order valence-corrected chi connectivity index (χ2v) is 6.12. The first-order valence-electron chi connectivity index (χ1n) is 5.07. The van der Waals surface area contributed by atoms with Crippen molar-refractivity contribution in [2.24, 2.45) is 11.5 Å². The van der Waals surface area contributed by atoms with E-state index in [-0.39, 0.29) is 0 Å². The average Bonchev–Trinajstić information content (AvgIpc) is 2.28. The van der Waals surface area contributed by atoms with Gasteiger partial charge in [-0.3, -0.25) is 18.6 Å². The smallest absolute Gasteiger partial charge is 0.368 e. The highest BCUT2D eigenvalue weighted by atomic mass is 31.2. The van der Waals surface area contributed by atoms with Crippen LogP contribution in [0.3, 0.4) is 0 Å². The Morgan fingerprint density at radius 3 is 1.86 bits per heavy atom. The molecule has 2 amide bonds. The van der Waals surface area contributed by atoms with E-state index in [9.17, 15) is 18.7 Å². The lowest BCUT2D eigenvalue weighted by Crippen LogP contribution is -2.53. The molecule has 15 heteroatoms. The molecule has 0 aliphatic rings. The number of carbonyl (C=O) groups excluding carboxylic acids is 2. The van der Waals surface area contributed by atoms with Crippen molar-refractivity contribution in [2.45, 2.75) is 12.1 Å². The molecule has 0 aliphatic heterocycles. The van der Waals surface area contributed by atoms with Gasteiger partial charge in [-0.05, 0) is 0 Å². The topological polar surface area (TPSA) is 232 Å². The number of phosphoric acid groups is 2. The number of carbonyl (C=O) groups is 2. The third kappa shape index (κ3) is 10.5. The molecule has 0 aromatic rings. The van der Waals surface area contributed by atoms with Crippen molar-refractivity contribution in [3.63, 3.8) is 0 Å². The number of nitrogens with two attached hydrogens (primary N) is 2. The van der Waals surface area contributed by atoms with Gasteiger partial charge in [0, 0.05) is 0 Å². The van der Waals surface area contributed by atoms with Gasteiger partial charge in [0.2, 0.25) is 11.8 Å². The van der Waals surface area contributed by atoms with Crippen molar-refractivity contribution in [3.8, 4) is 0 Å². The number of rotatable bonds is 9. The van der Waals surface area contributed by atoms with Gasteiger partial charge in [-0.1, -0.05) is 0 Å². The van der Waals surface area contributed by atoms with E-state index in [1.807, 2.05) is 5.32 Å². The average molecular weight is 351 g/mol. The molecule has 0 saturated heterocycles. The van der Waals surface area contributed by atoms with Crippen LogP contribution in [0.4, 0.5) is 0 Å². The fourth-order valence-electron chi connectivity index (χ4n) is 0.898. The summed E-state index contributed by atoms with van der Waals surface area (Å²) in [6.45, 7) is -1.78. The maximum absolute atomic E-state index is 11.5. The van der Waals surface area contributed by atoms with Crippen molar-refractivity contribution in [3.05, 3.63) is 0 Å². The maximum Gasteiger partial charge on any atom is 0.469 e. The molecule has 0 rings (SSSR count). The number of phosphoric ester groups is 2. The van der Waals surface area contributed by atoms with E-state index >= 15 is 0 Å². The van der Waals surface area contributed by atoms with E-state index < -0.39 is 52.8 Å². The summed E-state index contributed by atoms with van der Waals surface area (Å²) in [5, 5.41) is 1.89. The highest BCUT2D eigenvalue weighted by Crippen LogP contribution is 2.36. The highest BCUT2D eigenvalue weighted by Gasteiger charge is 2.27. The van der Waals surface area contributed by atoms with Crippen LogP contribution in [0, 0.1) is 0 Å². The Balaban J connectivity index is 4.50. The van der Waals surface area contributed by atoms with Gasteiger partial charge in [0.15, 0.2) is 0 Å². The lowest BCUT2D eigenvalue weighted by atomic mass is 10.2. The Labute approximate surface area is 118 Å². The summed E-state index contributed by atoms with van der Waals surface area (Å²) in [5.41, 5.74) is 10.1. The minimum atomic E-state index is -4.88.